The minimum atomic E-state index is -4.29. The topological polar surface area (TPSA) is 117 Å². The number of hydrogen-bond donors (Lipinski definition) is 2. The molecule has 0 rings (SSSR count). The summed E-state index contributed by atoms with van der Waals surface area (Å²) in [4.78, 5) is 22.6. The number of phosphoric acid groups is 1. The number of phosphoric ester groups is 1. The van der Waals surface area contributed by atoms with E-state index in [4.69, 9.17) is 24.3 Å². The molecule has 2 unspecified atom stereocenters. The minimum Gasteiger partial charge on any atom is -0.457 e. The number of nitrogens with two attached hydrogens (primary N) is 1. The van der Waals surface area contributed by atoms with Crippen LogP contribution in [-0.4, -0.2) is 49.9 Å². The molecule has 0 aliphatic heterocycles. The van der Waals surface area contributed by atoms with Gasteiger partial charge in [0.25, 0.3) is 0 Å². The number of carbonyl (C=O) groups excluding carboxylic acids is 1. The molecule has 0 fully saturated rings. The van der Waals surface area contributed by atoms with Crippen molar-refractivity contribution in [1.82, 2.24) is 0 Å². The first kappa shape index (κ1) is 61.2. The van der Waals surface area contributed by atoms with Crippen molar-refractivity contribution in [2.24, 2.45) is 5.73 Å². The van der Waals surface area contributed by atoms with Gasteiger partial charge in [0.2, 0.25) is 0 Å². The van der Waals surface area contributed by atoms with Crippen LogP contribution in [0.1, 0.15) is 239 Å². The molecule has 3 N–H and O–H groups in total. The van der Waals surface area contributed by atoms with Crippen molar-refractivity contribution in [2.45, 2.75) is 245 Å². The van der Waals surface area contributed by atoms with Crippen LogP contribution in [-0.2, 0) is 27.9 Å². The van der Waals surface area contributed by atoms with Gasteiger partial charge in [0, 0.05) is 19.6 Å². The Labute approximate surface area is 389 Å². The standard InChI is InChI=1S/C54H100NO7P/c1-3-5-7-9-11-13-15-17-19-21-23-25-26-28-30-32-34-36-38-40-42-44-46-49-59-51-53(52-61-63(57,58)60-50-48-55)62-54(56)47-45-43-41-39-37-35-33-31-29-27-24-22-20-18-16-14-12-10-8-6-4-2/h6,8,12,14,18,20,24,27,31,33,53H,3-5,7,9-11,13,15-17,19,21-23,25-26,28-30,32,34-52,55H2,1-2H3,(H,57,58)/b8-6-,14-12-,20-18-,27-24-,33-31-. The molecule has 0 aromatic heterocycles. The Morgan fingerprint density at radius 1 is 0.492 bits per heavy atom. The summed E-state index contributed by atoms with van der Waals surface area (Å²) < 4.78 is 33.6. The Kier molecular flexibility index (Phi) is 49.7. The molecule has 0 spiro atoms. The SMILES string of the molecule is CC/C=C\C/C=C\C/C=C\C/C=C\C/C=C\CCCCCCCC(=O)OC(COCCCCCCCCCCCCCCCCCCCCCCCCC)COP(=O)(O)OCCN. The molecule has 0 bridgehead atoms. The molecule has 0 aliphatic carbocycles. The highest BCUT2D eigenvalue weighted by Crippen LogP contribution is 2.43. The van der Waals surface area contributed by atoms with Gasteiger partial charge in [0.05, 0.1) is 19.8 Å². The van der Waals surface area contributed by atoms with Crippen LogP contribution in [0.25, 0.3) is 0 Å². The van der Waals surface area contributed by atoms with E-state index in [9.17, 15) is 14.3 Å². The van der Waals surface area contributed by atoms with Crippen molar-refractivity contribution < 1.29 is 32.8 Å². The highest BCUT2D eigenvalue weighted by molar-refractivity contribution is 7.47. The molecule has 0 aliphatic rings. The fraction of sp³-hybridized carbons (Fsp3) is 0.796. The van der Waals surface area contributed by atoms with Gasteiger partial charge in [0.15, 0.2) is 0 Å². The Bertz CT molecular complexity index is 1150. The minimum absolute atomic E-state index is 0.0956. The van der Waals surface area contributed by atoms with Gasteiger partial charge in [-0.1, -0.05) is 235 Å². The van der Waals surface area contributed by atoms with E-state index in [0.717, 1.165) is 83.5 Å². The monoisotopic (exact) mass is 906 g/mol. The third kappa shape index (κ3) is 51.1. The second kappa shape index (κ2) is 51.2. The summed E-state index contributed by atoms with van der Waals surface area (Å²) in [5.41, 5.74) is 5.39. The largest absolute Gasteiger partial charge is 0.472 e. The average molecular weight is 906 g/mol. The molecular formula is C54H100NO7P. The maximum absolute atomic E-state index is 12.7. The van der Waals surface area contributed by atoms with E-state index < -0.39 is 13.9 Å². The van der Waals surface area contributed by atoms with Crippen molar-refractivity contribution in [2.75, 3.05) is 33.0 Å². The summed E-state index contributed by atoms with van der Waals surface area (Å²) in [6.45, 7) is 4.82. The maximum Gasteiger partial charge on any atom is 0.472 e. The van der Waals surface area contributed by atoms with E-state index in [1.165, 1.54) is 135 Å². The number of ether oxygens (including phenoxy) is 2. The van der Waals surface area contributed by atoms with E-state index in [2.05, 4.69) is 74.6 Å². The first-order valence-corrected chi connectivity index (χ1v) is 27.8. The number of allylic oxidation sites excluding steroid dienone is 10. The number of carbonyl (C=O) groups is 1. The molecule has 0 saturated heterocycles. The van der Waals surface area contributed by atoms with Gasteiger partial charge in [-0.25, -0.2) is 4.57 Å². The number of unbranched alkanes of at least 4 members (excludes halogenated alkanes) is 27. The molecular weight excluding hydrogens is 806 g/mol. The zero-order valence-electron chi connectivity index (χ0n) is 41.1. The predicted octanol–water partition coefficient (Wildman–Crippen LogP) is 16.5. The van der Waals surface area contributed by atoms with E-state index in [0.29, 0.717) is 13.0 Å². The fourth-order valence-electron chi connectivity index (χ4n) is 7.38. The molecule has 9 heteroatoms. The molecule has 63 heavy (non-hydrogen) atoms. The van der Waals surface area contributed by atoms with Crippen molar-refractivity contribution in [3.63, 3.8) is 0 Å². The second-order valence-electron chi connectivity index (χ2n) is 17.4. The van der Waals surface area contributed by atoms with Gasteiger partial charge < -0.3 is 20.1 Å². The molecule has 0 radical (unpaired) electrons. The van der Waals surface area contributed by atoms with Gasteiger partial charge >= 0.3 is 13.8 Å². The average Bonchev–Trinajstić information content (AvgIpc) is 3.28. The van der Waals surface area contributed by atoms with E-state index >= 15 is 0 Å². The van der Waals surface area contributed by atoms with Crippen LogP contribution in [0.4, 0.5) is 0 Å². The Balaban J connectivity index is 3.95. The van der Waals surface area contributed by atoms with Gasteiger partial charge in [-0.2, -0.15) is 0 Å². The Morgan fingerprint density at radius 2 is 0.889 bits per heavy atom. The molecule has 368 valence electrons. The van der Waals surface area contributed by atoms with Crippen LogP contribution >= 0.6 is 7.82 Å². The van der Waals surface area contributed by atoms with Crippen molar-refractivity contribution in [3.05, 3.63) is 60.8 Å². The zero-order chi connectivity index (χ0) is 45.8. The highest BCUT2D eigenvalue weighted by Gasteiger charge is 2.25. The summed E-state index contributed by atoms with van der Waals surface area (Å²) in [6.07, 6.45) is 64.0. The first-order chi connectivity index (χ1) is 30.9. The Morgan fingerprint density at radius 3 is 1.33 bits per heavy atom. The van der Waals surface area contributed by atoms with Gasteiger partial charge in [0.1, 0.15) is 6.10 Å². The molecule has 0 amide bonds. The summed E-state index contributed by atoms with van der Waals surface area (Å²) in [7, 11) is -4.29. The lowest BCUT2D eigenvalue weighted by Crippen LogP contribution is -2.28. The van der Waals surface area contributed by atoms with Crippen LogP contribution < -0.4 is 5.73 Å². The van der Waals surface area contributed by atoms with E-state index in [1.807, 2.05) is 0 Å². The number of rotatable bonds is 50. The quantitative estimate of drug-likeness (QED) is 0.0268. The van der Waals surface area contributed by atoms with E-state index in [1.54, 1.807) is 0 Å². The summed E-state index contributed by atoms with van der Waals surface area (Å²) in [5, 5.41) is 0. The summed E-state index contributed by atoms with van der Waals surface area (Å²) in [6, 6.07) is 0. The molecule has 0 aromatic rings. The number of esters is 1. The van der Waals surface area contributed by atoms with Crippen molar-refractivity contribution >= 4 is 13.8 Å². The lowest BCUT2D eigenvalue weighted by molar-refractivity contribution is -0.154. The molecule has 0 heterocycles. The van der Waals surface area contributed by atoms with E-state index in [-0.39, 0.29) is 32.3 Å². The van der Waals surface area contributed by atoms with Crippen molar-refractivity contribution in [3.8, 4) is 0 Å². The highest BCUT2D eigenvalue weighted by atomic mass is 31.2. The van der Waals surface area contributed by atoms with Gasteiger partial charge in [-0.05, 0) is 57.8 Å². The lowest BCUT2D eigenvalue weighted by Gasteiger charge is -2.20. The molecule has 2 atom stereocenters. The van der Waals surface area contributed by atoms with Crippen LogP contribution in [0.2, 0.25) is 0 Å². The predicted molar refractivity (Wildman–Crippen MR) is 270 cm³/mol. The summed E-state index contributed by atoms with van der Waals surface area (Å²) in [5.74, 6) is -0.346. The first-order valence-electron chi connectivity index (χ1n) is 26.3. The van der Waals surface area contributed by atoms with Crippen LogP contribution in [0.3, 0.4) is 0 Å². The van der Waals surface area contributed by atoms with Crippen LogP contribution in [0, 0.1) is 0 Å². The molecule has 8 nitrogen and oxygen atoms in total. The smallest absolute Gasteiger partial charge is 0.457 e. The zero-order valence-corrected chi connectivity index (χ0v) is 42.0. The normalized spacial score (nSPS) is 13.8. The number of hydrogen-bond acceptors (Lipinski definition) is 7. The Hall–Kier alpha value is -1.80. The third-order valence-corrected chi connectivity index (χ3v) is 12.2. The summed E-state index contributed by atoms with van der Waals surface area (Å²) >= 11 is 0. The second-order valence-corrected chi connectivity index (χ2v) is 18.8. The van der Waals surface area contributed by atoms with Crippen LogP contribution in [0.5, 0.6) is 0 Å². The lowest BCUT2D eigenvalue weighted by atomic mass is 10.0. The fourth-order valence-corrected chi connectivity index (χ4v) is 8.14. The maximum atomic E-state index is 12.7. The third-order valence-electron chi connectivity index (χ3n) is 11.2. The molecule has 0 aromatic carbocycles. The molecule has 0 saturated carbocycles. The van der Waals surface area contributed by atoms with Crippen molar-refractivity contribution in [1.29, 1.82) is 0 Å². The van der Waals surface area contributed by atoms with Gasteiger partial charge in [-0.3, -0.25) is 13.8 Å². The van der Waals surface area contributed by atoms with Crippen LogP contribution in [0.15, 0.2) is 60.8 Å². The van der Waals surface area contributed by atoms with Gasteiger partial charge in [-0.15, -0.1) is 0 Å².